The van der Waals surface area contributed by atoms with Crippen LogP contribution in [0.3, 0.4) is 0 Å². The van der Waals surface area contributed by atoms with Gasteiger partial charge in [0.05, 0.1) is 4.90 Å². The zero-order valence-corrected chi connectivity index (χ0v) is 11.6. The van der Waals surface area contributed by atoms with E-state index >= 15 is 0 Å². The Balaban J connectivity index is 2.21. The highest BCUT2D eigenvalue weighted by Gasteiger charge is 2.16. The van der Waals surface area contributed by atoms with E-state index in [0.717, 1.165) is 4.88 Å². The number of anilines is 1. The van der Waals surface area contributed by atoms with Gasteiger partial charge >= 0.3 is 0 Å². The second kappa shape index (κ2) is 5.51. The molecule has 2 rings (SSSR count). The molecule has 0 amide bonds. The summed E-state index contributed by atoms with van der Waals surface area (Å²) < 4.78 is 26.4. The molecule has 3 N–H and O–H groups in total. The molecule has 2 heterocycles. The van der Waals surface area contributed by atoms with E-state index in [-0.39, 0.29) is 10.7 Å². The lowest BCUT2D eigenvalue weighted by molar-refractivity contribution is 0.601. The molecule has 19 heavy (non-hydrogen) atoms. The number of rotatable bonds is 5. The first-order valence-corrected chi connectivity index (χ1v) is 7.68. The molecular weight excluding hydrogens is 288 g/mol. The average molecular weight is 300 g/mol. The van der Waals surface area contributed by atoms with Crippen LogP contribution in [0.4, 0.5) is 5.82 Å². The van der Waals surface area contributed by atoms with Crippen molar-refractivity contribution in [2.75, 3.05) is 11.8 Å². The summed E-state index contributed by atoms with van der Waals surface area (Å²) in [4.78, 5) is 11.9. The predicted octanol–water partition coefficient (Wildman–Crippen LogP) is 0.352. The summed E-state index contributed by atoms with van der Waals surface area (Å²) in [6, 6.07) is 4.09. The normalized spacial score (nSPS) is 11.4. The van der Waals surface area contributed by atoms with Gasteiger partial charge in [-0.15, -0.1) is 11.3 Å². The molecule has 2 aromatic heterocycles. The van der Waals surface area contributed by atoms with Gasteiger partial charge in [-0.05, 0) is 19.2 Å². The third kappa shape index (κ3) is 3.40. The van der Waals surface area contributed by atoms with Crippen molar-refractivity contribution in [1.29, 1.82) is 0 Å². The van der Waals surface area contributed by atoms with Gasteiger partial charge in [0.2, 0.25) is 0 Å². The summed E-state index contributed by atoms with van der Waals surface area (Å²) in [5.74, 6) is 0.0703. The SMILES string of the molecule is CNCc1cc(S(=O)(=O)Nc2ccc(=O)[nH]n2)cs1. The van der Waals surface area contributed by atoms with Crippen LogP contribution in [0.2, 0.25) is 0 Å². The minimum Gasteiger partial charge on any atom is -0.315 e. The Morgan fingerprint density at radius 3 is 2.84 bits per heavy atom. The molecule has 0 saturated heterocycles. The lowest BCUT2D eigenvalue weighted by Gasteiger charge is -2.04. The van der Waals surface area contributed by atoms with E-state index in [2.05, 4.69) is 20.2 Å². The third-order valence-corrected chi connectivity index (χ3v) is 4.63. The van der Waals surface area contributed by atoms with E-state index in [1.165, 1.54) is 23.5 Å². The minimum atomic E-state index is -3.68. The van der Waals surface area contributed by atoms with Crippen molar-refractivity contribution >= 4 is 27.2 Å². The highest BCUT2D eigenvalue weighted by Crippen LogP contribution is 2.20. The molecule has 0 aromatic carbocycles. The molecule has 2 aromatic rings. The van der Waals surface area contributed by atoms with Crippen LogP contribution in [0.25, 0.3) is 0 Å². The van der Waals surface area contributed by atoms with Gasteiger partial charge in [0.25, 0.3) is 15.6 Å². The molecule has 7 nitrogen and oxygen atoms in total. The Labute approximate surface area is 113 Å². The van der Waals surface area contributed by atoms with Gasteiger partial charge in [-0.1, -0.05) is 0 Å². The maximum atomic E-state index is 12.0. The van der Waals surface area contributed by atoms with E-state index in [4.69, 9.17) is 0 Å². The standard InChI is InChI=1S/C10H12N4O3S2/c1-11-5-7-4-8(6-18-7)19(16,17)14-9-2-3-10(15)13-12-9/h2-4,6,11H,5H2,1H3,(H,12,14)(H,13,15). The van der Waals surface area contributed by atoms with Crippen LogP contribution in [-0.2, 0) is 16.6 Å². The molecule has 0 radical (unpaired) electrons. The summed E-state index contributed by atoms with van der Waals surface area (Å²) in [5.41, 5.74) is -0.394. The van der Waals surface area contributed by atoms with Crippen molar-refractivity contribution in [3.05, 3.63) is 38.8 Å². The van der Waals surface area contributed by atoms with Crippen LogP contribution in [-0.4, -0.2) is 25.7 Å². The zero-order valence-electron chi connectivity index (χ0n) is 10.0. The average Bonchev–Trinajstić information content (AvgIpc) is 2.82. The summed E-state index contributed by atoms with van der Waals surface area (Å²) in [7, 11) is -1.89. The minimum absolute atomic E-state index is 0.0703. The van der Waals surface area contributed by atoms with E-state index < -0.39 is 15.6 Å². The van der Waals surface area contributed by atoms with Crippen LogP contribution in [0.15, 0.2) is 33.3 Å². The monoisotopic (exact) mass is 300 g/mol. The first-order valence-electron chi connectivity index (χ1n) is 5.32. The van der Waals surface area contributed by atoms with E-state index in [1.54, 1.807) is 18.5 Å². The Kier molecular flexibility index (Phi) is 3.98. The van der Waals surface area contributed by atoms with Gasteiger partial charge in [0.1, 0.15) is 0 Å². The van der Waals surface area contributed by atoms with Crippen LogP contribution < -0.4 is 15.6 Å². The van der Waals surface area contributed by atoms with Crippen molar-refractivity contribution in [1.82, 2.24) is 15.5 Å². The maximum absolute atomic E-state index is 12.0. The van der Waals surface area contributed by atoms with Gasteiger partial charge in [0, 0.05) is 22.9 Å². The van der Waals surface area contributed by atoms with Gasteiger partial charge in [-0.3, -0.25) is 9.52 Å². The number of hydrogen-bond donors (Lipinski definition) is 3. The topological polar surface area (TPSA) is 104 Å². The number of H-pyrrole nitrogens is 1. The third-order valence-electron chi connectivity index (χ3n) is 2.21. The number of sulfonamides is 1. The Hall–Kier alpha value is -1.71. The summed E-state index contributed by atoms with van der Waals surface area (Å²) in [6.07, 6.45) is 0. The Morgan fingerprint density at radius 1 is 1.42 bits per heavy atom. The molecule has 0 aliphatic carbocycles. The number of nitrogens with zero attached hydrogens (tertiary/aromatic N) is 1. The zero-order chi connectivity index (χ0) is 13.9. The van der Waals surface area contributed by atoms with Gasteiger partial charge in [-0.2, -0.15) is 5.10 Å². The number of thiophene rings is 1. The molecule has 0 unspecified atom stereocenters. The number of hydrogen-bond acceptors (Lipinski definition) is 6. The van der Waals surface area contributed by atoms with Crippen LogP contribution >= 0.6 is 11.3 Å². The quantitative estimate of drug-likeness (QED) is 0.739. The number of aromatic amines is 1. The summed E-state index contributed by atoms with van der Waals surface area (Å²) in [6.45, 7) is 0.608. The fourth-order valence-electron chi connectivity index (χ4n) is 1.37. The molecule has 0 atom stereocenters. The summed E-state index contributed by atoms with van der Waals surface area (Å²) >= 11 is 1.35. The van der Waals surface area contributed by atoms with E-state index in [0.29, 0.717) is 6.54 Å². The molecule has 0 spiro atoms. The maximum Gasteiger partial charge on any atom is 0.264 e. The molecule has 9 heteroatoms. The second-order valence-electron chi connectivity index (χ2n) is 3.69. The fourth-order valence-corrected chi connectivity index (χ4v) is 3.65. The lowest BCUT2D eigenvalue weighted by Crippen LogP contribution is -2.16. The van der Waals surface area contributed by atoms with Gasteiger partial charge in [-0.25, -0.2) is 13.5 Å². The largest absolute Gasteiger partial charge is 0.315 e. The van der Waals surface area contributed by atoms with E-state index in [9.17, 15) is 13.2 Å². The van der Waals surface area contributed by atoms with Crippen molar-refractivity contribution < 1.29 is 8.42 Å². The predicted molar refractivity (Wildman–Crippen MR) is 72.7 cm³/mol. The molecule has 0 saturated carbocycles. The second-order valence-corrected chi connectivity index (χ2v) is 6.37. The van der Waals surface area contributed by atoms with Gasteiger partial charge < -0.3 is 5.32 Å². The molecule has 0 fully saturated rings. The fraction of sp³-hybridized carbons (Fsp3) is 0.200. The molecular formula is C10H12N4O3S2. The summed E-state index contributed by atoms with van der Waals surface area (Å²) in [5, 5.41) is 10.3. The molecule has 102 valence electrons. The number of aromatic nitrogens is 2. The van der Waals surface area contributed by atoms with Crippen molar-refractivity contribution in [2.24, 2.45) is 0 Å². The molecule has 0 aliphatic heterocycles. The van der Waals surface area contributed by atoms with Crippen LogP contribution in [0.5, 0.6) is 0 Å². The van der Waals surface area contributed by atoms with Gasteiger partial charge in [0.15, 0.2) is 5.82 Å². The van der Waals surface area contributed by atoms with Crippen molar-refractivity contribution in [3.63, 3.8) is 0 Å². The van der Waals surface area contributed by atoms with Crippen molar-refractivity contribution in [2.45, 2.75) is 11.4 Å². The molecule has 0 bridgehead atoms. The number of nitrogens with one attached hydrogen (secondary N) is 3. The molecule has 0 aliphatic rings. The first-order chi connectivity index (χ1) is 9.01. The Bertz CT molecular complexity index is 700. The highest BCUT2D eigenvalue weighted by atomic mass is 32.2. The van der Waals surface area contributed by atoms with Crippen LogP contribution in [0.1, 0.15) is 4.88 Å². The Morgan fingerprint density at radius 2 is 2.21 bits per heavy atom. The lowest BCUT2D eigenvalue weighted by atomic mass is 10.5. The van der Waals surface area contributed by atoms with Crippen molar-refractivity contribution in [3.8, 4) is 0 Å². The van der Waals surface area contributed by atoms with Crippen LogP contribution in [0, 0.1) is 0 Å². The first kappa shape index (κ1) is 13.7. The highest BCUT2D eigenvalue weighted by molar-refractivity contribution is 7.92. The smallest absolute Gasteiger partial charge is 0.264 e. The van der Waals surface area contributed by atoms with E-state index in [1.807, 2.05) is 0 Å².